The molecule has 0 aliphatic carbocycles. The van der Waals surface area contributed by atoms with Crippen LogP contribution in [0.5, 0.6) is 0 Å². The summed E-state index contributed by atoms with van der Waals surface area (Å²) < 4.78 is 20.5. The molecule has 0 aliphatic heterocycles. The lowest BCUT2D eigenvalue weighted by Gasteiger charge is -2.03. The van der Waals surface area contributed by atoms with Gasteiger partial charge in [-0.15, -0.1) is 0 Å². The first-order valence-corrected chi connectivity index (χ1v) is 1.90. The van der Waals surface area contributed by atoms with Gasteiger partial charge < -0.3 is 10.6 Å². The van der Waals surface area contributed by atoms with E-state index in [2.05, 4.69) is 0 Å². The second-order valence-electron chi connectivity index (χ2n) is 1.21. The molecule has 0 atom stereocenters. The molecule has 0 bridgehead atoms. The van der Waals surface area contributed by atoms with Crippen LogP contribution in [0.4, 0.5) is 0 Å². The van der Waals surface area contributed by atoms with Crippen molar-refractivity contribution in [3.05, 3.63) is 0 Å². The number of nitrogens with two attached hydrogens (primary N) is 1. The highest BCUT2D eigenvalue weighted by Gasteiger charge is 1.79. The van der Waals surface area contributed by atoms with Crippen LogP contribution in [-0.2, 0) is 0 Å². The fraction of sp³-hybridized carbons (Fsp3) is 1.00. The lowest BCUT2D eigenvalue weighted by molar-refractivity contribution is 0.420. The lowest BCUT2D eigenvalue weighted by atomic mass is 10.6. The van der Waals surface area contributed by atoms with Gasteiger partial charge in [-0.05, 0) is 14.0 Å². The van der Waals surface area contributed by atoms with Crippen LogP contribution >= 0.6 is 0 Å². The van der Waals surface area contributed by atoms with Crippen molar-refractivity contribution in [1.82, 2.24) is 4.90 Å². The molecule has 0 aliphatic rings. The summed E-state index contributed by atoms with van der Waals surface area (Å²) in [5, 5.41) is 0. The van der Waals surface area contributed by atoms with Crippen LogP contribution < -0.4 is 5.73 Å². The number of hydrogen-bond acceptors (Lipinski definition) is 2. The zero-order chi connectivity index (χ0) is 7.49. The Morgan fingerprint density at radius 1 is 2.00 bits per heavy atom. The van der Waals surface area contributed by atoms with Crippen molar-refractivity contribution < 1.29 is 4.11 Å². The highest BCUT2D eigenvalue weighted by molar-refractivity contribution is 4.38. The van der Waals surface area contributed by atoms with E-state index in [1.165, 1.54) is 11.9 Å². The largest absolute Gasteiger partial charge is 0.329 e. The van der Waals surface area contributed by atoms with Gasteiger partial charge in [0.1, 0.15) is 0 Å². The molecule has 38 valence electrons. The van der Waals surface area contributed by atoms with Crippen molar-refractivity contribution in [2.45, 2.75) is 0 Å². The molecule has 0 unspecified atom stereocenters. The molecule has 0 aromatic carbocycles. The average molecular weight is 91.2 g/mol. The summed E-state index contributed by atoms with van der Waals surface area (Å²) in [5.41, 5.74) is 5.13. The summed E-state index contributed by atoms with van der Waals surface area (Å²) in [6.45, 7) is -1.19. The van der Waals surface area contributed by atoms with Gasteiger partial charge in [0.15, 0.2) is 0 Å². The van der Waals surface area contributed by atoms with Gasteiger partial charge in [0.25, 0.3) is 0 Å². The molecule has 0 saturated heterocycles. The summed E-state index contributed by atoms with van der Waals surface area (Å²) in [6, 6.07) is 0. The summed E-state index contributed by atoms with van der Waals surface area (Å²) in [5.74, 6) is 0. The number of rotatable bonds is 2. The number of likely N-dealkylation sites (N-methyl/N-ethyl adjacent to an activating group) is 1. The Balaban J connectivity index is 3.59. The van der Waals surface area contributed by atoms with E-state index in [1.54, 1.807) is 0 Å². The summed E-state index contributed by atoms with van der Waals surface area (Å²) in [6.07, 6.45) is 0. The van der Waals surface area contributed by atoms with E-state index in [4.69, 9.17) is 9.85 Å². The Labute approximate surface area is 43.1 Å². The molecular formula is C4H12N2. The minimum absolute atomic E-state index is 0.384. The van der Waals surface area contributed by atoms with Crippen molar-refractivity contribution in [1.29, 1.82) is 0 Å². The maximum absolute atomic E-state index is 6.84. The van der Waals surface area contributed by atoms with Crippen molar-refractivity contribution >= 4 is 0 Å². The third-order valence-electron chi connectivity index (χ3n) is 0.465. The van der Waals surface area contributed by atoms with E-state index in [-0.39, 0.29) is 0 Å². The topological polar surface area (TPSA) is 29.3 Å². The fourth-order valence-electron chi connectivity index (χ4n) is 0.194. The van der Waals surface area contributed by atoms with Gasteiger partial charge in [-0.25, -0.2) is 0 Å². The molecule has 2 heteroatoms. The standard InChI is InChI=1S/C4H12N2/c1-6(2)4-3-5/h3-5H2,1-2H3/i1D3. The highest BCUT2D eigenvalue weighted by Crippen LogP contribution is 1.64. The highest BCUT2D eigenvalue weighted by atomic mass is 15.1. The Hall–Kier alpha value is -0.0800. The molecule has 0 saturated carbocycles. The zero-order valence-corrected chi connectivity index (χ0v) is 3.94. The molecule has 0 aromatic heterocycles. The van der Waals surface area contributed by atoms with Crippen LogP contribution in [0, 0.1) is 0 Å². The quantitative estimate of drug-likeness (QED) is 0.496. The molecule has 0 rings (SSSR count). The normalized spacial score (nSPS) is 19.5. The molecule has 0 spiro atoms. The summed E-state index contributed by atoms with van der Waals surface area (Å²) in [4.78, 5) is 1.24. The SMILES string of the molecule is [2H]C([2H])([2H])N(C)CCN. The van der Waals surface area contributed by atoms with Gasteiger partial charge in [0.05, 0.1) is 0 Å². The van der Waals surface area contributed by atoms with Gasteiger partial charge in [-0.2, -0.15) is 0 Å². The third-order valence-corrected chi connectivity index (χ3v) is 0.465. The Morgan fingerprint density at radius 3 is 2.83 bits per heavy atom. The third kappa shape index (κ3) is 3.92. The lowest BCUT2D eigenvalue weighted by Crippen LogP contribution is -2.20. The monoisotopic (exact) mass is 91.1 g/mol. The molecule has 0 amide bonds. The summed E-state index contributed by atoms with van der Waals surface area (Å²) in [7, 11) is 1.53. The number of nitrogens with zero attached hydrogens (tertiary/aromatic N) is 1. The van der Waals surface area contributed by atoms with E-state index >= 15 is 0 Å². The van der Waals surface area contributed by atoms with Gasteiger partial charge in [0, 0.05) is 17.2 Å². The van der Waals surface area contributed by atoms with E-state index in [0.717, 1.165) is 0 Å². The Morgan fingerprint density at radius 2 is 2.67 bits per heavy atom. The van der Waals surface area contributed by atoms with Crippen molar-refractivity contribution in [3.8, 4) is 0 Å². The minimum atomic E-state index is -1.99. The molecule has 0 fully saturated rings. The smallest absolute Gasteiger partial charge is 0.0394 e. The van der Waals surface area contributed by atoms with E-state index < -0.39 is 6.98 Å². The maximum Gasteiger partial charge on any atom is 0.0394 e. The molecule has 2 N–H and O–H groups in total. The van der Waals surface area contributed by atoms with E-state index in [9.17, 15) is 0 Å². The first-order chi connectivity index (χ1) is 3.98. The van der Waals surface area contributed by atoms with Gasteiger partial charge in [0.2, 0.25) is 0 Å². The molecule has 6 heavy (non-hydrogen) atoms. The van der Waals surface area contributed by atoms with E-state index in [1.807, 2.05) is 0 Å². The predicted molar refractivity (Wildman–Crippen MR) is 27.6 cm³/mol. The number of hydrogen-bond donors (Lipinski definition) is 1. The zero-order valence-electron chi connectivity index (χ0n) is 6.94. The van der Waals surface area contributed by atoms with Crippen LogP contribution in [0.15, 0.2) is 0 Å². The van der Waals surface area contributed by atoms with E-state index in [0.29, 0.717) is 13.1 Å². The molecular weight excluding hydrogens is 76.1 g/mol. The Bertz CT molecular complexity index is 80.4. The van der Waals surface area contributed by atoms with Crippen molar-refractivity contribution in [2.24, 2.45) is 5.73 Å². The molecule has 0 aromatic rings. The second kappa shape index (κ2) is 3.12. The van der Waals surface area contributed by atoms with Crippen LogP contribution in [-0.4, -0.2) is 32.0 Å². The van der Waals surface area contributed by atoms with Gasteiger partial charge in [-0.1, -0.05) is 0 Å². The Kier molecular flexibility index (Phi) is 1.19. The van der Waals surface area contributed by atoms with Crippen LogP contribution in [0.2, 0.25) is 0 Å². The molecule has 0 heterocycles. The van der Waals surface area contributed by atoms with Gasteiger partial charge in [-0.3, -0.25) is 0 Å². The van der Waals surface area contributed by atoms with Gasteiger partial charge >= 0.3 is 0 Å². The summed E-state index contributed by atoms with van der Waals surface area (Å²) >= 11 is 0. The van der Waals surface area contributed by atoms with Crippen molar-refractivity contribution in [3.63, 3.8) is 0 Å². The molecule has 2 nitrogen and oxygen atoms in total. The maximum atomic E-state index is 6.84. The fourth-order valence-corrected chi connectivity index (χ4v) is 0.194. The van der Waals surface area contributed by atoms with Crippen LogP contribution in [0.25, 0.3) is 0 Å². The second-order valence-corrected chi connectivity index (χ2v) is 1.21. The molecule has 0 radical (unpaired) electrons. The van der Waals surface area contributed by atoms with Crippen LogP contribution in [0.1, 0.15) is 4.11 Å². The van der Waals surface area contributed by atoms with Crippen LogP contribution in [0.3, 0.4) is 0 Å². The first-order valence-electron chi connectivity index (χ1n) is 3.40. The minimum Gasteiger partial charge on any atom is -0.329 e. The predicted octanol–water partition coefficient (Wildman–Crippen LogP) is -0.493. The van der Waals surface area contributed by atoms with Crippen molar-refractivity contribution in [2.75, 3.05) is 27.1 Å². The first kappa shape index (κ1) is 2.28. The average Bonchev–Trinajstić information content (AvgIpc) is 1.64.